The molecule has 1 N–H and O–H groups in total. The van der Waals surface area contributed by atoms with Crippen LogP contribution in [0.3, 0.4) is 0 Å². The largest absolute Gasteiger partial charge is 0.508 e. The lowest BCUT2D eigenvalue weighted by atomic mass is 10.4. The first kappa shape index (κ1) is 8.07. The van der Waals surface area contributed by atoms with Crippen LogP contribution in [0.15, 0.2) is 26.3 Å². The van der Waals surface area contributed by atoms with Crippen LogP contribution in [0.2, 0.25) is 0 Å². The zero-order chi connectivity index (χ0) is 8.27. The van der Waals surface area contributed by atoms with E-state index in [9.17, 15) is 4.79 Å². The average Bonchev–Trinajstić information content (AvgIpc) is 1.85. The zero-order valence-corrected chi connectivity index (χ0v) is 7.04. The van der Waals surface area contributed by atoms with Gasteiger partial charge >= 0.3 is 5.63 Å². The Kier molecular flexibility index (Phi) is 2.48. The molecule has 4 heteroatoms. The molecule has 0 aliphatic carbocycles. The highest BCUT2D eigenvalue weighted by molar-refractivity contribution is 9.11. The fourth-order valence-corrected chi connectivity index (χ4v) is 0.888. The van der Waals surface area contributed by atoms with Crippen molar-refractivity contribution in [1.82, 2.24) is 0 Å². The molecular weight excluding hydrogens is 212 g/mol. The highest BCUT2D eigenvalue weighted by Crippen LogP contribution is 2.09. The first-order chi connectivity index (χ1) is 5.22. The van der Waals surface area contributed by atoms with Crippen LogP contribution in [-0.2, 0) is 0 Å². The normalized spacial score (nSPS) is 10.6. The van der Waals surface area contributed by atoms with Gasteiger partial charge in [-0.1, -0.05) is 15.9 Å². The molecule has 0 saturated heterocycles. The summed E-state index contributed by atoms with van der Waals surface area (Å²) >= 11 is 3.01. The van der Waals surface area contributed by atoms with Crippen molar-refractivity contribution in [1.29, 1.82) is 0 Å². The minimum absolute atomic E-state index is 0.0955. The number of hydrogen-bond donors (Lipinski definition) is 1. The van der Waals surface area contributed by atoms with Gasteiger partial charge in [-0.05, 0) is 11.1 Å². The lowest BCUT2D eigenvalue weighted by Gasteiger charge is -1.91. The highest BCUT2D eigenvalue weighted by atomic mass is 79.9. The number of rotatable bonds is 1. The van der Waals surface area contributed by atoms with Crippen molar-refractivity contribution in [3.05, 3.63) is 33.3 Å². The van der Waals surface area contributed by atoms with Gasteiger partial charge in [-0.25, -0.2) is 4.79 Å². The summed E-state index contributed by atoms with van der Waals surface area (Å²) in [6.07, 6.45) is 1.52. The maximum absolute atomic E-state index is 10.6. The number of hydrogen-bond acceptors (Lipinski definition) is 3. The van der Waals surface area contributed by atoms with E-state index in [-0.39, 0.29) is 5.75 Å². The Bertz CT molecular complexity index is 327. The molecule has 0 spiro atoms. The van der Waals surface area contributed by atoms with Crippen LogP contribution in [0.1, 0.15) is 5.76 Å². The van der Waals surface area contributed by atoms with Crippen LogP contribution in [0.5, 0.6) is 5.75 Å². The monoisotopic (exact) mass is 216 g/mol. The summed E-state index contributed by atoms with van der Waals surface area (Å²) < 4.78 is 4.67. The van der Waals surface area contributed by atoms with Crippen LogP contribution in [0.4, 0.5) is 0 Å². The maximum atomic E-state index is 10.6. The molecule has 0 radical (unpaired) electrons. The van der Waals surface area contributed by atoms with Crippen LogP contribution in [0, 0.1) is 0 Å². The SMILES string of the molecule is O=c1cc(O)cc(/C=C/Br)o1. The van der Waals surface area contributed by atoms with Gasteiger partial charge in [-0.2, -0.15) is 0 Å². The molecule has 3 nitrogen and oxygen atoms in total. The van der Waals surface area contributed by atoms with Crippen LogP contribution < -0.4 is 5.63 Å². The summed E-state index contributed by atoms with van der Waals surface area (Å²) in [6.45, 7) is 0. The standard InChI is InChI=1S/C7H5BrO3/c8-2-1-6-3-5(9)4-7(10)11-6/h1-4,9H/b2-1+. The van der Waals surface area contributed by atoms with Crippen LogP contribution >= 0.6 is 15.9 Å². The topological polar surface area (TPSA) is 50.4 Å². The lowest BCUT2D eigenvalue weighted by molar-refractivity contribution is 0.444. The van der Waals surface area contributed by atoms with Gasteiger partial charge in [0, 0.05) is 6.07 Å². The van der Waals surface area contributed by atoms with Gasteiger partial charge in [0.25, 0.3) is 0 Å². The molecular formula is C7H5BrO3. The van der Waals surface area contributed by atoms with Gasteiger partial charge in [0.1, 0.15) is 11.5 Å². The van der Waals surface area contributed by atoms with Crippen molar-refractivity contribution < 1.29 is 9.52 Å². The molecule has 0 aromatic carbocycles. The number of halogens is 1. The van der Waals surface area contributed by atoms with E-state index in [2.05, 4.69) is 20.3 Å². The molecule has 0 saturated carbocycles. The van der Waals surface area contributed by atoms with Crippen molar-refractivity contribution in [2.24, 2.45) is 0 Å². The molecule has 11 heavy (non-hydrogen) atoms. The van der Waals surface area contributed by atoms with Crippen LogP contribution in [0.25, 0.3) is 6.08 Å². The molecule has 1 aromatic rings. The van der Waals surface area contributed by atoms with E-state index < -0.39 is 5.63 Å². The zero-order valence-electron chi connectivity index (χ0n) is 5.45. The van der Waals surface area contributed by atoms with Crippen molar-refractivity contribution in [3.8, 4) is 5.75 Å². The fourth-order valence-electron chi connectivity index (χ4n) is 0.627. The molecule has 1 rings (SSSR count). The number of aromatic hydroxyl groups is 1. The summed E-state index contributed by atoms with van der Waals surface area (Å²) in [7, 11) is 0. The van der Waals surface area contributed by atoms with E-state index >= 15 is 0 Å². The Hall–Kier alpha value is -1.03. The summed E-state index contributed by atoms with van der Waals surface area (Å²) in [4.78, 5) is 12.1. The molecule has 1 aromatic heterocycles. The van der Waals surface area contributed by atoms with E-state index in [0.29, 0.717) is 5.76 Å². The summed E-state index contributed by atoms with van der Waals surface area (Å²) in [5.41, 5.74) is -0.564. The fraction of sp³-hybridized carbons (Fsp3) is 0. The molecule has 0 atom stereocenters. The second-order valence-electron chi connectivity index (χ2n) is 1.83. The maximum Gasteiger partial charge on any atom is 0.339 e. The molecule has 0 unspecified atom stereocenters. The Morgan fingerprint density at radius 2 is 2.27 bits per heavy atom. The smallest absolute Gasteiger partial charge is 0.339 e. The minimum Gasteiger partial charge on any atom is -0.508 e. The van der Waals surface area contributed by atoms with Gasteiger partial charge in [0.15, 0.2) is 0 Å². The molecule has 0 amide bonds. The third kappa shape index (κ3) is 2.23. The van der Waals surface area contributed by atoms with Gasteiger partial charge in [-0.3, -0.25) is 0 Å². The van der Waals surface area contributed by atoms with Gasteiger partial charge in [0.05, 0.1) is 6.07 Å². The lowest BCUT2D eigenvalue weighted by Crippen LogP contribution is -1.95. The summed E-state index contributed by atoms with van der Waals surface area (Å²) in [6, 6.07) is 2.35. The summed E-state index contributed by atoms with van der Waals surface area (Å²) in [5.74, 6) is 0.216. The highest BCUT2D eigenvalue weighted by Gasteiger charge is 1.95. The quantitative estimate of drug-likeness (QED) is 0.778. The van der Waals surface area contributed by atoms with Crippen molar-refractivity contribution in [2.75, 3.05) is 0 Å². The van der Waals surface area contributed by atoms with Crippen molar-refractivity contribution in [2.45, 2.75) is 0 Å². The van der Waals surface area contributed by atoms with Crippen molar-refractivity contribution >= 4 is 22.0 Å². The third-order valence-electron chi connectivity index (χ3n) is 1.00. The molecule has 1 heterocycles. The van der Waals surface area contributed by atoms with E-state index in [1.807, 2.05) is 0 Å². The van der Waals surface area contributed by atoms with Crippen LogP contribution in [-0.4, -0.2) is 5.11 Å². The van der Waals surface area contributed by atoms with E-state index in [4.69, 9.17) is 5.11 Å². The molecule has 0 fully saturated rings. The van der Waals surface area contributed by atoms with E-state index in [1.54, 1.807) is 0 Å². The average molecular weight is 217 g/mol. The van der Waals surface area contributed by atoms with Crippen molar-refractivity contribution in [3.63, 3.8) is 0 Å². The Morgan fingerprint density at radius 1 is 1.55 bits per heavy atom. The first-order valence-electron chi connectivity index (χ1n) is 2.83. The van der Waals surface area contributed by atoms with E-state index in [1.165, 1.54) is 17.1 Å². The molecule has 0 bridgehead atoms. The predicted molar refractivity (Wildman–Crippen MR) is 44.6 cm³/mol. The molecule has 0 aliphatic rings. The molecule has 0 aliphatic heterocycles. The Morgan fingerprint density at radius 3 is 2.82 bits per heavy atom. The Balaban J connectivity index is 3.19. The third-order valence-corrected chi connectivity index (χ3v) is 1.27. The van der Waals surface area contributed by atoms with E-state index in [0.717, 1.165) is 6.07 Å². The first-order valence-corrected chi connectivity index (χ1v) is 3.75. The Labute approximate surface area is 71.1 Å². The predicted octanol–water partition coefficient (Wildman–Crippen LogP) is 1.71. The van der Waals surface area contributed by atoms with Gasteiger partial charge in [-0.15, -0.1) is 0 Å². The molecule has 58 valence electrons. The van der Waals surface area contributed by atoms with Gasteiger partial charge < -0.3 is 9.52 Å². The summed E-state index contributed by atoms with van der Waals surface area (Å²) in [5, 5.41) is 8.91. The van der Waals surface area contributed by atoms with Gasteiger partial charge in [0.2, 0.25) is 0 Å². The second-order valence-corrected chi connectivity index (χ2v) is 2.36. The minimum atomic E-state index is -0.564. The second kappa shape index (κ2) is 3.39.